The van der Waals surface area contributed by atoms with Crippen LogP contribution in [0.5, 0.6) is 0 Å². The molecule has 1 aliphatic heterocycles. The first-order chi connectivity index (χ1) is 6.77. The van der Waals surface area contributed by atoms with Gasteiger partial charge in [0.2, 0.25) is 0 Å². The van der Waals surface area contributed by atoms with E-state index < -0.39 is 0 Å². The molecule has 0 aromatic rings. The number of nitrogens with one attached hydrogen (secondary N) is 1. The zero-order valence-electron chi connectivity index (χ0n) is 9.51. The van der Waals surface area contributed by atoms with Crippen molar-refractivity contribution in [2.45, 2.75) is 45.1 Å². The van der Waals surface area contributed by atoms with E-state index in [2.05, 4.69) is 12.2 Å². The Morgan fingerprint density at radius 2 is 2.21 bits per heavy atom. The van der Waals surface area contributed by atoms with Gasteiger partial charge in [-0.25, -0.2) is 0 Å². The van der Waals surface area contributed by atoms with E-state index in [0.29, 0.717) is 11.5 Å². The summed E-state index contributed by atoms with van der Waals surface area (Å²) in [6.45, 7) is 4.82. The molecule has 2 fully saturated rings. The van der Waals surface area contributed by atoms with Crippen molar-refractivity contribution in [3.63, 3.8) is 0 Å². The molecule has 82 valence electrons. The first-order valence-corrected chi connectivity index (χ1v) is 6.00. The van der Waals surface area contributed by atoms with Crippen LogP contribution in [0.3, 0.4) is 0 Å². The molecule has 0 amide bonds. The lowest BCUT2D eigenvalue weighted by atomic mass is 9.62. The third-order valence-electron chi connectivity index (χ3n) is 4.46. The van der Waals surface area contributed by atoms with Crippen LogP contribution < -0.4 is 5.32 Å². The fourth-order valence-corrected chi connectivity index (χ4v) is 3.33. The van der Waals surface area contributed by atoms with E-state index >= 15 is 0 Å². The molecule has 14 heavy (non-hydrogen) atoms. The van der Waals surface area contributed by atoms with Crippen LogP contribution in [0, 0.1) is 11.3 Å². The molecule has 1 spiro atoms. The van der Waals surface area contributed by atoms with Gasteiger partial charge >= 0.3 is 0 Å². The fourth-order valence-electron chi connectivity index (χ4n) is 3.33. The molecule has 0 bridgehead atoms. The summed E-state index contributed by atoms with van der Waals surface area (Å²) in [6, 6.07) is 0. The lowest BCUT2D eigenvalue weighted by Crippen LogP contribution is -2.47. The Kier molecular flexibility index (Phi) is 3.13. The van der Waals surface area contributed by atoms with E-state index in [9.17, 15) is 0 Å². The van der Waals surface area contributed by atoms with Crippen LogP contribution in [0.25, 0.3) is 0 Å². The summed E-state index contributed by atoms with van der Waals surface area (Å²) in [5.41, 5.74) is 0.601. The second-order valence-electron chi connectivity index (χ2n) is 5.17. The van der Waals surface area contributed by atoms with E-state index in [1.807, 2.05) is 7.11 Å². The second-order valence-corrected chi connectivity index (χ2v) is 5.17. The molecular weight excluding hydrogens is 174 g/mol. The van der Waals surface area contributed by atoms with E-state index in [-0.39, 0.29) is 0 Å². The summed E-state index contributed by atoms with van der Waals surface area (Å²) < 4.78 is 5.55. The van der Waals surface area contributed by atoms with Gasteiger partial charge in [0.1, 0.15) is 0 Å². The first-order valence-electron chi connectivity index (χ1n) is 6.00. The number of piperidine rings is 1. The van der Waals surface area contributed by atoms with Crippen LogP contribution >= 0.6 is 0 Å². The molecular formula is C12H23NO. The molecule has 0 aromatic heterocycles. The quantitative estimate of drug-likeness (QED) is 0.696. The average Bonchev–Trinajstić information content (AvgIpc) is 2.23. The summed E-state index contributed by atoms with van der Waals surface area (Å²) in [5.74, 6) is 0.828. The molecule has 2 aliphatic rings. The third-order valence-corrected chi connectivity index (χ3v) is 4.46. The lowest BCUT2D eigenvalue weighted by Gasteiger charge is -2.47. The Morgan fingerprint density at radius 1 is 1.36 bits per heavy atom. The topological polar surface area (TPSA) is 21.3 Å². The maximum absolute atomic E-state index is 5.55. The molecule has 0 aromatic carbocycles. The summed E-state index contributed by atoms with van der Waals surface area (Å²) in [7, 11) is 1.87. The molecule has 2 rings (SSSR count). The van der Waals surface area contributed by atoms with E-state index in [1.165, 1.54) is 45.2 Å². The van der Waals surface area contributed by atoms with Gasteiger partial charge < -0.3 is 10.1 Å². The molecule has 0 radical (unpaired) electrons. The predicted octanol–water partition coefficient (Wildman–Crippen LogP) is 2.19. The number of rotatable bonds is 1. The first kappa shape index (κ1) is 10.4. The standard InChI is InChI=1S/C12H23NO/c1-10-9-13-7-6-12(10)5-3-4-11(8-12)14-2/h10-11,13H,3-9H2,1-2H3. The zero-order chi connectivity index (χ0) is 10.0. The molecule has 2 nitrogen and oxygen atoms in total. The number of hydrogen-bond acceptors (Lipinski definition) is 2. The summed E-state index contributed by atoms with van der Waals surface area (Å²) in [4.78, 5) is 0. The summed E-state index contributed by atoms with van der Waals surface area (Å²) >= 11 is 0. The van der Waals surface area contributed by atoms with Crippen molar-refractivity contribution in [3.05, 3.63) is 0 Å². The normalized spacial score (nSPS) is 44.1. The Labute approximate surface area is 87.4 Å². The highest BCUT2D eigenvalue weighted by atomic mass is 16.5. The maximum atomic E-state index is 5.55. The number of ether oxygens (including phenoxy) is 1. The van der Waals surface area contributed by atoms with Gasteiger partial charge in [0.25, 0.3) is 0 Å². The highest BCUT2D eigenvalue weighted by Crippen LogP contribution is 2.46. The van der Waals surface area contributed by atoms with Gasteiger partial charge in [0, 0.05) is 7.11 Å². The van der Waals surface area contributed by atoms with Crippen LogP contribution in [-0.2, 0) is 4.74 Å². The largest absolute Gasteiger partial charge is 0.381 e. The van der Waals surface area contributed by atoms with Gasteiger partial charge in [-0.1, -0.05) is 13.3 Å². The van der Waals surface area contributed by atoms with E-state index in [1.54, 1.807) is 0 Å². The van der Waals surface area contributed by atoms with Gasteiger partial charge in [-0.3, -0.25) is 0 Å². The van der Waals surface area contributed by atoms with Crippen molar-refractivity contribution in [2.75, 3.05) is 20.2 Å². The van der Waals surface area contributed by atoms with Gasteiger partial charge in [-0.05, 0) is 50.1 Å². The van der Waals surface area contributed by atoms with Crippen molar-refractivity contribution < 1.29 is 4.74 Å². The molecule has 1 heterocycles. The third kappa shape index (κ3) is 1.82. The predicted molar refractivity (Wildman–Crippen MR) is 58.3 cm³/mol. The van der Waals surface area contributed by atoms with Gasteiger partial charge in [-0.15, -0.1) is 0 Å². The minimum atomic E-state index is 0.532. The van der Waals surface area contributed by atoms with Crippen LogP contribution in [0.4, 0.5) is 0 Å². The molecule has 1 aliphatic carbocycles. The Bertz CT molecular complexity index is 191. The van der Waals surface area contributed by atoms with Crippen molar-refractivity contribution in [1.29, 1.82) is 0 Å². The van der Waals surface area contributed by atoms with Crippen LogP contribution in [0.2, 0.25) is 0 Å². The average molecular weight is 197 g/mol. The van der Waals surface area contributed by atoms with Gasteiger partial charge in [0.15, 0.2) is 0 Å². The van der Waals surface area contributed by atoms with E-state index in [0.717, 1.165) is 5.92 Å². The van der Waals surface area contributed by atoms with Crippen LogP contribution in [0.15, 0.2) is 0 Å². The molecule has 3 atom stereocenters. The SMILES string of the molecule is COC1CCCC2(CCNCC2C)C1. The smallest absolute Gasteiger partial charge is 0.0576 e. The van der Waals surface area contributed by atoms with Crippen LogP contribution in [-0.4, -0.2) is 26.3 Å². The van der Waals surface area contributed by atoms with Crippen LogP contribution in [0.1, 0.15) is 39.0 Å². The molecule has 2 heteroatoms. The second kappa shape index (κ2) is 4.19. The number of hydrogen-bond donors (Lipinski definition) is 1. The minimum Gasteiger partial charge on any atom is -0.381 e. The Hall–Kier alpha value is -0.0800. The van der Waals surface area contributed by atoms with Gasteiger partial charge in [-0.2, -0.15) is 0 Å². The highest BCUT2D eigenvalue weighted by molar-refractivity contribution is 4.94. The monoisotopic (exact) mass is 197 g/mol. The van der Waals surface area contributed by atoms with Crippen molar-refractivity contribution in [2.24, 2.45) is 11.3 Å². The van der Waals surface area contributed by atoms with E-state index in [4.69, 9.17) is 4.74 Å². The fraction of sp³-hybridized carbons (Fsp3) is 1.00. The summed E-state index contributed by atoms with van der Waals surface area (Å²) in [6.07, 6.45) is 7.25. The molecule has 3 unspecified atom stereocenters. The van der Waals surface area contributed by atoms with Crippen molar-refractivity contribution in [1.82, 2.24) is 5.32 Å². The molecule has 1 saturated heterocycles. The Balaban J connectivity index is 2.04. The van der Waals surface area contributed by atoms with Crippen molar-refractivity contribution >= 4 is 0 Å². The lowest BCUT2D eigenvalue weighted by molar-refractivity contribution is -0.0260. The Morgan fingerprint density at radius 3 is 2.93 bits per heavy atom. The van der Waals surface area contributed by atoms with Crippen molar-refractivity contribution in [3.8, 4) is 0 Å². The zero-order valence-corrected chi connectivity index (χ0v) is 9.51. The summed E-state index contributed by atoms with van der Waals surface area (Å²) in [5, 5.41) is 3.50. The highest BCUT2D eigenvalue weighted by Gasteiger charge is 2.41. The molecule has 1 N–H and O–H groups in total. The number of methoxy groups -OCH3 is 1. The van der Waals surface area contributed by atoms with Gasteiger partial charge in [0.05, 0.1) is 6.10 Å². The molecule has 1 saturated carbocycles. The minimum absolute atomic E-state index is 0.532. The maximum Gasteiger partial charge on any atom is 0.0576 e.